The molecule has 1 amide bonds. The molecule has 0 aromatic rings. The van der Waals surface area contributed by atoms with Crippen LogP contribution in [0.4, 0.5) is 0 Å². The smallest absolute Gasteiger partial charge is 0.220 e. The Morgan fingerprint density at radius 3 is 2.31 bits per heavy atom. The van der Waals surface area contributed by atoms with E-state index < -0.39 is 23.9 Å². The number of nitrogens with one attached hydrogen (secondary N) is 1. The summed E-state index contributed by atoms with van der Waals surface area (Å²) in [6, 6.07) is -0.557. The molecule has 8 heteroatoms. The van der Waals surface area contributed by atoms with E-state index in [1.54, 1.807) is 0 Å². The summed E-state index contributed by atoms with van der Waals surface area (Å²) in [4.78, 5) is 25.9. The van der Waals surface area contributed by atoms with Crippen LogP contribution < -0.4 is 5.32 Å². The molecule has 4 saturated carbocycles. The number of hydrogen-bond acceptors (Lipinski definition) is 7. The Morgan fingerprint density at radius 1 is 0.929 bits per heavy atom. The molecule has 4 fully saturated rings. The van der Waals surface area contributed by atoms with E-state index in [4.69, 9.17) is 6.42 Å². The molecule has 1 heterocycles. The van der Waals surface area contributed by atoms with Crippen LogP contribution in [0.1, 0.15) is 111 Å². The summed E-state index contributed by atoms with van der Waals surface area (Å²) < 4.78 is 0. The molecule has 12 atom stereocenters. The van der Waals surface area contributed by atoms with Crippen molar-refractivity contribution < 1.29 is 24.9 Å². The number of nitrogens with zero attached hydrogens (tertiary/aromatic N) is 2. The molecule has 4 aliphatic carbocycles. The van der Waals surface area contributed by atoms with Gasteiger partial charge in [-0.2, -0.15) is 10.2 Å². The molecule has 5 rings (SSSR count). The van der Waals surface area contributed by atoms with Crippen molar-refractivity contribution in [2.75, 3.05) is 0 Å². The lowest BCUT2D eigenvalue weighted by atomic mass is 9.43. The Morgan fingerprint density at radius 2 is 1.62 bits per heavy atom. The minimum absolute atomic E-state index is 0.0295. The first-order valence-corrected chi connectivity index (χ1v) is 16.6. The van der Waals surface area contributed by atoms with Crippen molar-refractivity contribution >= 4 is 11.7 Å². The van der Waals surface area contributed by atoms with Crippen molar-refractivity contribution in [1.82, 2.24) is 5.32 Å². The van der Waals surface area contributed by atoms with E-state index in [0.717, 1.165) is 44.9 Å². The number of Topliss-reactive ketones (excluding diaryl/α,β-unsaturated/α-hetero) is 1. The minimum atomic E-state index is -0.783. The molecular formula is C34H53N3O5. The van der Waals surface area contributed by atoms with E-state index in [-0.39, 0.29) is 46.9 Å². The van der Waals surface area contributed by atoms with Gasteiger partial charge in [-0.1, -0.05) is 20.8 Å². The van der Waals surface area contributed by atoms with E-state index in [2.05, 4.69) is 42.2 Å². The minimum Gasteiger partial charge on any atom is -0.393 e. The van der Waals surface area contributed by atoms with E-state index in [0.29, 0.717) is 55.8 Å². The van der Waals surface area contributed by atoms with Gasteiger partial charge in [-0.05, 0) is 117 Å². The van der Waals surface area contributed by atoms with Gasteiger partial charge >= 0.3 is 0 Å². The van der Waals surface area contributed by atoms with Crippen LogP contribution >= 0.6 is 0 Å². The Hall–Kier alpha value is -1.82. The topological polar surface area (TPSA) is 132 Å². The first-order valence-electron chi connectivity index (χ1n) is 16.6. The van der Waals surface area contributed by atoms with E-state index >= 15 is 0 Å². The summed E-state index contributed by atoms with van der Waals surface area (Å²) in [6.07, 6.45) is 12.9. The average Bonchev–Trinajstić information content (AvgIpc) is 3.59. The van der Waals surface area contributed by atoms with E-state index in [1.165, 1.54) is 0 Å². The third-order valence-corrected chi connectivity index (χ3v) is 12.9. The first kappa shape index (κ1) is 31.6. The second-order valence-corrected chi connectivity index (χ2v) is 15.3. The van der Waals surface area contributed by atoms with Crippen molar-refractivity contribution in [3.8, 4) is 12.3 Å². The van der Waals surface area contributed by atoms with Gasteiger partial charge in [-0.15, -0.1) is 12.3 Å². The van der Waals surface area contributed by atoms with Gasteiger partial charge in [0.05, 0.1) is 24.4 Å². The van der Waals surface area contributed by atoms with Gasteiger partial charge in [-0.3, -0.25) is 9.59 Å². The van der Waals surface area contributed by atoms with Crippen molar-refractivity contribution in [2.45, 2.75) is 141 Å². The number of rotatable bonds is 11. The summed E-state index contributed by atoms with van der Waals surface area (Å²) in [7, 11) is 0. The molecule has 12 unspecified atom stereocenters. The second kappa shape index (κ2) is 11.9. The van der Waals surface area contributed by atoms with Gasteiger partial charge in [0.15, 0.2) is 11.4 Å². The monoisotopic (exact) mass is 583 g/mol. The summed E-state index contributed by atoms with van der Waals surface area (Å²) in [5.41, 5.74) is -0.398. The largest absolute Gasteiger partial charge is 0.393 e. The lowest BCUT2D eigenvalue weighted by Gasteiger charge is -2.63. The molecule has 0 spiro atoms. The summed E-state index contributed by atoms with van der Waals surface area (Å²) in [6.45, 7) is 8.89. The fourth-order valence-electron chi connectivity index (χ4n) is 10.3. The Labute approximate surface area is 251 Å². The Balaban J connectivity index is 1.20. The molecule has 1 aliphatic heterocycles. The highest BCUT2D eigenvalue weighted by molar-refractivity contribution is 5.89. The van der Waals surface area contributed by atoms with Crippen LogP contribution in [0.2, 0.25) is 0 Å². The standard InChI is InChI=1S/C34H53N3O5/c1-6-7-8-27(39)26(15-18-34(5)36-37-34)35-28(40)12-9-20(2)22-10-11-23-29-24(14-17-32(22,23)3)33(4)16-13-21(38)19-25(33)30(41)31(29)42/h1,20-26,29-31,38,41-42H,7-19H2,2-5H3,(H,35,40). The van der Waals surface area contributed by atoms with E-state index in [9.17, 15) is 24.9 Å². The van der Waals surface area contributed by atoms with Crippen LogP contribution in [0.15, 0.2) is 10.2 Å². The van der Waals surface area contributed by atoms with Gasteiger partial charge in [0, 0.05) is 19.3 Å². The second-order valence-electron chi connectivity index (χ2n) is 15.3. The van der Waals surface area contributed by atoms with Crippen LogP contribution in [0.25, 0.3) is 0 Å². The number of amides is 1. The van der Waals surface area contributed by atoms with Crippen molar-refractivity contribution in [1.29, 1.82) is 0 Å². The van der Waals surface area contributed by atoms with Gasteiger partial charge in [-0.25, -0.2) is 0 Å². The molecule has 42 heavy (non-hydrogen) atoms. The van der Waals surface area contributed by atoms with Crippen LogP contribution in [0, 0.1) is 58.7 Å². The third kappa shape index (κ3) is 5.83. The normalized spacial score (nSPS) is 42.8. The van der Waals surface area contributed by atoms with Gasteiger partial charge in [0.25, 0.3) is 0 Å². The van der Waals surface area contributed by atoms with Crippen LogP contribution in [0.3, 0.4) is 0 Å². The SMILES string of the molecule is C#CCCC(=O)C(CCC1(C)N=N1)NC(=O)CCC(C)C1CCC2C3C(O)C(O)C4CC(O)CCC4(C)C3CCC12C. The number of aliphatic hydroxyl groups is 3. The lowest BCUT2D eigenvalue weighted by Crippen LogP contribution is -2.64. The maximum absolute atomic E-state index is 13.1. The fraction of sp³-hybridized carbons (Fsp3) is 0.882. The fourth-order valence-corrected chi connectivity index (χ4v) is 10.3. The highest BCUT2D eigenvalue weighted by atomic mass is 16.3. The van der Waals surface area contributed by atoms with Gasteiger partial charge in [0.1, 0.15) is 0 Å². The summed E-state index contributed by atoms with van der Waals surface area (Å²) in [5.74, 6) is 3.93. The lowest BCUT2D eigenvalue weighted by molar-refractivity contribution is -0.223. The molecule has 0 radical (unpaired) electrons. The highest BCUT2D eigenvalue weighted by Crippen LogP contribution is 2.68. The Bertz CT molecular complexity index is 1100. The number of carbonyl (C=O) groups excluding carboxylic acids is 2. The van der Waals surface area contributed by atoms with Crippen molar-refractivity contribution in [2.24, 2.45) is 56.6 Å². The third-order valence-electron chi connectivity index (χ3n) is 12.9. The zero-order chi connectivity index (χ0) is 30.4. The number of terminal acetylenes is 1. The number of hydrogen-bond donors (Lipinski definition) is 4. The maximum Gasteiger partial charge on any atom is 0.220 e. The molecule has 4 N–H and O–H groups in total. The van der Waals surface area contributed by atoms with Crippen LogP contribution in [-0.4, -0.2) is 57.0 Å². The molecule has 234 valence electrons. The first-order chi connectivity index (χ1) is 19.8. The molecule has 0 bridgehead atoms. The predicted octanol–water partition coefficient (Wildman–Crippen LogP) is 4.79. The number of aliphatic hydroxyl groups excluding tert-OH is 3. The zero-order valence-corrected chi connectivity index (χ0v) is 26.1. The molecular weight excluding hydrogens is 530 g/mol. The summed E-state index contributed by atoms with van der Waals surface area (Å²) >= 11 is 0. The van der Waals surface area contributed by atoms with Crippen LogP contribution in [0.5, 0.6) is 0 Å². The van der Waals surface area contributed by atoms with Crippen molar-refractivity contribution in [3.05, 3.63) is 0 Å². The zero-order valence-electron chi connectivity index (χ0n) is 26.1. The maximum atomic E-state index is 13.1. The molecule has 0 saturated heterocycles. The number of carbonyl (C=O) groups is 2. The molecule has 8 nitrogen and oxygen atoms in total. The molecule has 5 aliphatic rings. The number of ketones is 1. The number of fused-ring (bicyclic) bond motifs is 5. The predicted molar refractivity (Wildman–Crippen MR) is 160 cm³/mol. The highest BCUT2D eigenvalue weighted by Gasteiger charge is 2.65. The van der Waals surface area contributed by atoms with Crippen LogP contribution in [-0.2, 0) is 9.59 Å². The van der Waals surface area contributed by atoms with E-state index in [1.807, 2.05) is 6.92 Å². The van der Waals surface area contributed by atoms with Crippen molar-refractivity contribution in [3.63, 3.8) is 0 Å². The average molecular weight is 584 g/mol. The van der Waals surface area contributed by atoms with Gasteiger partial charge < -0.3 is 20.6 Å². The summed E-state index contributed by atoms with van der Waals surface area (Å²) in [5, 5.41) is 44.3. The molecule has 0 aromatic heterocycles. The Kier molecular flexibility index (Phi) is 8.98. The molecule has 0 aromatic carbocycles. The quantitative estimate of drug-likeness (QED) is 0.260. The van der Waals surface area contributed by atoms with Gasteiger partial charge in [0.2, 0.25) is 5.91 Å².